The molecule has 0 bridgehead atoms. The van der Waals surface area contributed by atoms with Crippen molar-refractivity contribution >= 4 is 40.9 Å². The van der Waals surface area contributed by atoms with E-state index in [0.29, 0.717) is 59.6 Å². The van der Waals surface area contributed by atoms with Gasteiger partial charge in [-0.15, -0.1) is 0 Å². The van der Waals surface area contributed by atoms with Gasteiger partial charge < -0.3 is 16.4 Å². The van der Waals surface area contributed by atoms with Gasteiger partial charge in [0.25, 0.3) is 0 Å². The fraction of sp³-hybridized carbons (Fsp3) is 0.577. The molecule has 1 aromatic rings. The predicted molar refractivity (Wildman–Crippen MR) is 145 cm³/mol. The lowest BCUT2D eigenvalue weighted by Gasteiger charge is -2.15. The maximum atomic E-state index is 12.1. The molecule has 14 heteroatoms. The van der Waals surface area contributed by atoms with Crippen molar-refractivity contribution in [2.45, 2.75) is 71.1 Å². The summed E-state index contributed by atoms with van der Waals surface area (Å²) in [4.78, 5) is 59.2. The Balaban J connectivity index is 2.16. The number of hydroxylamine groups is 5. The number of nitrogens with zero attached hydrogens (tertiary/aromatic N) is 3. The largest absolute Gasteiger partial charge is 0.356 e. The zero-order valence-electron chi connectivity index (χ0n) is 23.0. The van der Waals surface area contributed by atoms with Crippen molar-refractivity contribution in [3.8, 4) is 0 Å². The fourth-order valence-electron chi connectivity index (χ4n) is 3.53. The van der Waals surface area contributed by atoms with E-state index in [2.05, 4.69) is 10.6 Å². The lowest BCUT2D eigenvalue weighted by Crippen LogP contribution is -2.31. The average molecular weight is 567 g/mol. The first-order valence-corrected chi connectivity index (χ1v) is 13.4. The van der Waals surface area contributed by atoms with Gasteiger partial charge in [0, 0.05) is 57.9 Å². The number of carbonyl (C=O) groups is 5. The van der Waals surface area contributed by atoms with Gasteiger partial charge in [0.2, 0.25) is 29.5 Å². The molecular formula is C26H42N6O8. The number of rotatable bonds is 19. The van der Waals surface area contributed by atoms with Crippen LogP contribution in [0.25, 0.3) is 0 Å². The van der Waals surface area contributed by atoms with E-state index in [1.54, 1.807) is 12.1 Å². The van der Waals surface area contributed by atoms with Crippen LogP contribution in [0.3, 0.4) is 0 Å². The minimum Gasteiger partial charge on any atom is -0.356 e. The SMILES string of the molecule is CC(=O)N(O)c1cccc(NC(=O)CCC(=O)N(O)CCCCCNC(=O)CCC(=O)N(O)CCCCCN)c1. The molecule has 224 valence electrons. The third kappa shape index (κ3) is 14.5. The highest BCUT2D eigenvalue weighted by Gasteiger charge is 2.15. The maximum Gasteiger partial charge on any atom is 0.247 e. The maximum absolute atomic E-state index is 12.1. The number of unbranched alkanes of at least 4 members (excludes halogenated alkanes) is 4. The number of amides is 5. The van der Waals surface area contributed by atoms with Crippen molar-refractivity contribution in [1.29, 1.82) is 0 Å². The summed E-state index contributed by atoms with van der Waals surface area (Å²) in [7, 11) is 0. The standard InChI is InChI=1S/C26H42N6O8/c1-20(33)32(40)22-10-8-9-21(19-22)29-24(35)12-14-26(37)31(39)18-7-3-5-16-28-23(34)11-13-25(36)30(38)17-6-2-4-15-27/h8-10,19,38-40H,2-7,11-18,27H2,1H3,(H,28,34)(H,29,35). The van der Waals surface area contributed by atoms with Gasteiger partial charge in [-0.05, 0) is 56.8 Å². The molecule has 0 heterocycles. The number of hydrogen-bond donors (Lipinski definition) is 6. The van der Waals surface area contributed by atoms with Gasteiger partial charge in [0.1, 0.15) is 0 Å². The molecule has 5 amide bonds. The van der Waals surface area contributed by atoms with Crippen LogP contribution in [0.15, 0.2) is 24.3 Å². The van der Waals surface area contributed by atoms with Crippen molar-refractivity contribution in [2.75, 3.05) is 36.6 Å². The number of benzene rings is 1. The van der Waals surface area contributed by atoms with E-state index in [9.17, 15) is 39.6 Å². The van der Waals surface area contributed by atoms with Crippen molar-refractivity contribution in [3.63, 3.8) is 0 Å². The normalized spacial score (nSPS) is 10.5. The van der Waals surface area contributed by atoms with Crippen LogP contribution in [0.2, 0.25) is 0 Å². The Hall–Kier alpha value is -3.59. The van der Waals surface area contributed by atoms with Crippen molar-refractivity contribution < 1.29 is 39.6 Å². The van der Waals surface area contributed by atoms with E-state index in [1.807, 2.05) is 0 Å². The highest BCUT2D eigenvalue weighted by atomic mass is 16.5. The molecule has 14 nitrogen and oxygen atoms in total. The molecule has 0 aliphatic rings. The topological polar surface area (TPSA) is 206 Å². The van der Waals surface area contributed by atoms with Crippen LogP contribution in [0.1, 0.15) is 71.1 Å². The van der Waals surface area contributed by atoms with Gasteiger partial charge in [0.15, 0.2) is 0 Å². The Morgan fingerprint density at radius 1 is 0.775 bits per heavy atom. The molecule has 0 fully saturated rings. The molecule has 0 aromatic heterocycles. The Morgan fingerprint density at radius 3 is 1.93 bits per heavy atom. The van der Waals surface area contributed by atoms with E-state index in [4.69, 9.17) is 5.73 Å². The predicted octanol–water partition coefficient (Wildman–Crippen LogP) is 1.78. The molecule has 1 aromatic carbocycles. The van der Waals surface area contributed by atoms with Gasteiger partial charge in [0.05, 0.1) is 5.69 Å². The van der Waals surface area contributed by atoms with E-state index in [-0.39, 0.29) is 50.4 Å². The molecule has 40 heavy (non-hydrogen) atoms. The first kappa shape index (κ1) is 34.4. The summed E-state index contributed by atoms with van der Waals surface area (Å²) in [5.74, 6) is -2.49. The van der Waals surface area contributed by atoms with Crippen LogP contribution in [0.4, 0.5) is 11.4 Å². The lowest BCUT2D eigenvalue weighted by molar-refractivity contribution is -0.166. The Morgan fingerprint density at radius 2 is 1.35 bits per heavy atom. The van der Waals surface area contributed by atoms with Crippen LogP contribution in [0.5, 0.6) is 0 Å². The Bertz CT molecular complexity index is 976. The van der Waals surface area contributed by atoms with Gasteiger partial charge in [-0.2, -0.15) is 5.06 Å². The summed E-state index contributed by atoms with van der Waals surface area (Å²) in [5, 5.41) is 36.2. The molecule has 0 saturated carbocycles. The summed E-state index contributed by atoms with van der Waals surface area (Å²) in [6.45, 7) is 2.39. The number of hydrogen-bond acceptors (Lipinski definition) is 9. The van der Waals surface area contributed by atoms with E-state index >= 15 is 0 Å². The second-order valence-electron chi connectivity index (χ2n) is 9.22. The van der Waals surface area contributed by atoms with Gasteiger partial charge in [-0.3, -0.25) is 39.6 Å². The summed E-state index contributed by atoms with van der Waals surface area (Å²) in [5.41, 5.74) is 5.90. The third-order valence-electron chi connectivity index (χ3n) is 5.82. The summed E-state index contributed by atoms with van der Waals surface area (Å²) in [6, 6.07) is 5.99. The monoisotopic (exact) mass is 566 g/mol. The van der Waals surface area contributed by atoms with Crippen molar-refractivity contribution in [3.05, 3.63) is 24.3 Å². The number of anilines is 2. The average Bonchev–Trinajstić information content (AvgIpc) is 2.93. The molecule has 0 aliphatic heterocycles. The molecule has 0 radical (unpaired) electrons. The highest BCUT2D eigenvalue weighted by Crippen LogP contribution is 2.18. The smallest absolute Gasteiger partial charge is 0.247 e. The fourth-order valence-corrected chi connectivity index (χ4v) is 3.53. The molecular weight excluding hydrogens is 524 g/mol. The van der Waals surface area contributed by atoms with E-state index in [1.165, 1.54) is 19.1 Å². The Labute approximate surface area is 234 Å². The molecule has 7 N–H and O–H groups in total. The first-order valence-electron chi connectivity index (χ1n) is 13.4. The first-order chi connectivity index (χ1) is 19.0. The number of nitrogens with one attached hydrogen (secondary N) is 2. The summed E-state index contributed by atoms with van der Waals surface area (Å²) >= 11 is 0. The minimum absolute atomic E-state index is 0.0328. The summed E-state index contributed by atoms with van der Waals surface area (Å²) in [6.07, 6.45) is 3.47. The van der Waals surface area contributed by atoms with Gasteiger partial charge >= 0.3 is 0 Å². The molecule has 0 atom stereocenters. The van der Waals surface area contributed by atoms with Crippen LogP contribution in [0, 0.1) is 0 Å². The van der Waals surface area contributed by atoms with Crippen LogP contribution >= 0.6 is 0 Å². The quantitative estimate of drug-likeness (QED) is 0.0818. The second kappa shape index (κ2) is 19.5. The number of carbonyl (C=O) groups excluding carboxylic acids is 5. The van der Waals surface area contributed by atoms with Crippen LogP contribution < -0.4 is 21.4 Å². The van der Waals surface area contributed by atoms with E-state index in [0.717, 1.165) is 12.8 Å². The zero-order valence-corrected chi connectivity index (χ0v) is 23.0. The van der Waals surface area contributed by atoms with E-state index < -0.39 is 23.6 Å². The summed E-state index contributed by atoms with van der Waals surface area (Å²) < 4.78 is 0. The van der Waals surface area contributed by atoms with Gasteiger partial charge in [-0.25, -0.2) is 10.1 Å². The zero-order chi connectivity index (χ0) is 29.9. The molecule has 0 spiro atoms. The lowest BCUT2D eigenvalue weighted by atomic mass is 10.2. The van der Waals surface area contributed by atoms with Crippen LogP contribution in [-0.4, -0.2) is 81.5 Å². The molecule has 0 unspecified atom stereocenters. The second-order valence-corrected chi connectivity index (χ2v) is 9.22. The van der Waals surface area contributed by atoms with Gasteiger partial charge in [-0.1, -0.05) is 12.5 Å². The molecule has 0 aliphatic carbocycles. The molecule has 0 saturated heterocycles. The Kier molecular flexibility index (Phi) is 16.8. The third-order valence-corrected chi connectivity index (χ3v) is 5.82. The highest BCUT2D eigenvalue weighted by molar-refractivity contribution is 5.94. The van der Waals surface area contributed by atoms with Crippen LogP contribution in [-0.2, 0) is 24.0 Å². The van der Waals surface area contributed by atoms with Crippen molar-refractivity contribution in [1.82, 2.24) is 15.4 Å². The molecule has 1 rings (SSSR count). The number of nitrogens with two attached hydrogens (primary N) is 1. The minimum atomic E-state index is -0.614. The van der Waals surface area contributed by atoms with Crippen molar-refractivity contribution in [2.24, 2.45) is 5.73 Å².